The lowest BCUT2D eigenvalue weighted by atomic mass is 9.96. The highest BCUT2D eigenvalue weighted by Gasteiger charge is 2.28. The molecule has 4 aromatic rings. The third kappa shape index (κ3) is 5.60. The quantitative estimate of drug-likeness (QED) is 0.235. The standard InChI is InChI=1S/C35H37N5O4/c1-38-16-18-39(19-17-38)22-31(41)40-15-14-24-20-26(11-13-30(24)40)36-33(23-6-3-2-4-7-23)32-28-12-10-25(21-29(28)37-34(32)42)35(43)44-27-8-5-9-27/h2-4,6-7,10-13,20-21,27,37,42H,5,8-9,14-19,22H2,1H3. The summed E-state index contributed by atoms with van der Waals surface area (Å²) in [5, 5.41) is 11.9. The second kappa shape index (κ2) is 11.9. The molecular weight excluding hydrogens is 554 g/mol. The number of hydrogen-bond donors (Lipinski definition) is 2. The Bertz CT molecular complexity index is 1730. The Morgan fingerprint density at radius 2 is 1.75 bits per heavy atom. The zero-order chi connectivity index (χ0) is 30.2. The van der Waals surface area contributed by atoms with Crippen LogP contribution in [0.25, 0.3) is 10.9 Å². The first-order valence-electron chi connectivity index (χ1n) is 15.5. The molecule has 9 heteroatoms. The molecule has 1 saturated heterocycles. The third-order valence-corrected chi connectivity index (χ3v) is 9.08. The molecular formula is C35H37N5O4. The number of amides is 1. The van der Waals surface area contributed by atoms with Gasteiger partial charge >= 0.3 is 5.97 Å². The maximum atomic E-state index is 13.2. The van der Waals surface area contributed by atoms with Gasteiger partial charge in [-0.1, -0.05) is 36.4 Å². The first kappa shape index (κ1) is 28.3. The van der Waals surface area contributed by atoms with Crippen LogP contribution in [0.5, 0.6) is 5.88 Å². The smallest absolute Gasteiger partial charge is 0.338 e. The number of aliphatic imine (C=N–C) groups is 1. The summed E-state index contributed by atoms with van der Waals surface area (Å²) in [6.07, 6.45) is 3.67. The van der Waals surface area contributed by atoms with Crippen molar-refractivity contribution in [3.63, 3.8) is 0 Å². The normalized spacial score (nSPS) is 17.9. The predicted molar refractivity (Wildman–Crippen MR) is 171 cm³/mol. The van der Waals surface area contributed by atoms with Crippen LogP contribution in [0.1, 0.15) is 46.3 Å². The van der Waals surface area contributed by atoms with Crippen molar-refractivity contribution in [3.05, 3.63) is 89.0 Å². The molecule has 226 valence electrons. The minimum atomic E-state index is -0.349. The topological polar surface area (TPSA) is 101 Å². The van der Waals surface area contributed by atoms with E-state index in [2.05, 4.69) is 21.8 Å². The van der Waals surface area contributed by atoms with Crippen molar-refractivity contribution in [2.75, 3.05) is 51.2 Å². The van der Waals surface area contributed by atoms with Gasteiger partial charge in [0.25, 0.3) is 0 Å². The van der Waals surface area contributed by atoms with E-state index in [9.17, 15) is 14.7 Å². The van der Waals surface area contributed by atoms with Crippen LogP contribution in [0.3, 0.4) is 0 Å². The summed E-state index contributed by atoms with van der Waals surface area (Å²) in [6, 6.07) is 21.0. The second-order valence-electron chi connectivity index (χ2n) is 12.1. The number of nitrogens with one attached hydrogen (secondary N) is 1. The lowest BCUT2D eigenvalue weighted by Gasteiger charge is -2.32. The van der Waals surface area contributed by atoms with Crippen LogP contribution in [0.4, 0.5) is 11.4 Å². The first-order valence-corrected chi connectivity index (χ1v) is 15.5. The molecule has 0 spiro atoms. The van der Waals surface area contributed by atoms with Gasteiger partial charge in [-0.3, -0.25) is 9.69 Å². The average Bonchev–Trinajstić information content (AvgIpc) is 3.58. The number of piperazine rings is 1. The van der Waals surface area contributed by atoms with Crippen LogP contribution in [0.15, 0.2) is 71.7 Å². The predicted octanol–water partition coefficient (Wildman–Crippen LogP) is 4.89. The van der Waals surface area contributed by atoms with Crippen LogP contribution in [0, 0.1) is 0 Å². The Balaban J connectivity index is 1.19. The summed E-state index contributed by atoms with van der Waals surface area (Å²) >= 11 is 0. The largest absolute Gasteiger partial charge is 0.494 e. The highest BCUT2D eigenvalue weighted by atomic mass is 16.5. The molecule has 44 heavy (non-hydrogen) atoms. The van der Waals surface area contributed by atoms with Gasteiger partial charge < -0.3 is 24.6 Å². The van der Waals surface area contributed by atoms with E-state index in [1.807, 2.05) is 59.5 Å². The number of fused-ring (bicyclic) bond motifs is 2. The van der Waals surface area contributed by atoms with Gasteiger partial charge in [0.1, 0.15) is 6.10 Å². The molecule has 0 bridgehead atoms. The Morgan fingerprint density at radius 1 is 0.955 bits per heavy atom. The number of benzene rings is 3. The van der Waals surface area contributed by atoms with E-state index < -0.39 is 0 Å². The van der Waals surface area contributed by atoms with Crippen molar-refractivity contribution in [3.8, 4) is 5.88 Å². The zero-order valence-electron chi connectivity index (χ0n) is 25.0. The number of hydrogen-bond acceptors (Lipinski definition) is 7. The maximum absolute atomic E-state index is 13.2. The minimum Gasteiger partial charge on any atom is -0.494 e. The molecule has 1 aromatic heterocycles. The molecule has 2 fully saturated rings. The first-order chi connectivity index (χ1) is 21.4. The number of esters is 1. The Kier molecular flexibility index (Phi) is 7.66. The number of likely N-dealkylation sites (N-methyl/N-ethyl adjacent to an activating group) is 1. The number of carbonyl (C=O) groups is 2. The Hall–Kier alpha value is -4.47. The summed E-state index contributed by atoms with van der Waals surface area (Å²) in [5.41, 5.74) is 5.87. The van der Waals surface area contributed by atoms with E-state index in [1.165, 1.54) is 0 Å². The van der Waals surface area contributed by atoms with Gasteiger partial charge in [0.15, 0.2) is 5.88 Å². The van der Waals surface area contributed by atoms with Gasteiger partial charge in [-0.05, 0) is 68.6 Å². The van der Waals surface area contributed by atoms with Crippen LogP contribution >= 0.6 is 0 Å². The minimum absolute atomic E-state index is 0.00269. The molecule has 1 amide bonds. The van der Waals surface area contributed by atoms with Crippen LogP contribution in [0.2, 0.25) is 0 Å². The van der Waals surface area contributed by atoms with E-state index in [-0.39, 0.29) is 23.9 Å². The number of rotatable bonds is 7. The van der Waals surface area contributed by atoms with Crippen LogP contribution in [-0.2, 0) is 16.0 Å². The van der Waals surface area contributed by atoms with Crippen molar-refractivity contribution in [1.29, 1.82) is 0 Å². The fourth-order valence-electron chi connectivity index (χ4n) is 6.25. The van der Waals surface area contributed by atoms with Gasteiger partial charge in [0.05, 0.1) is 29.1 Å². The molecule has 0 radical (unpaired) electrons. The molecule has 2 aliphatic heterocycles. The van der Waals surface area contributed by atoms with Crippen LogP contribution < -0.4 is 4.90 Å². The van der Waals surface area contributed by atoms with Gasteiger partial charge in [-0.2, -0.15) is 0 Å². The molecule has 0 unspecified atom stereocenters. The SMILES string of the molecule is CN1CCN(CC(=O)N2CCc3cc(N=C(c4ccccc4)c4c(O)[nH]c5cc(C(=O)OC6CCC6)ccc45)ccc32)CC1. The molecule has 3 aromatic carbocycles. The second-order valence-corrected chi connectivity index (χ2v) is 12.1. The summed E-state index contributed by atoms with van der Waals surface area (Å²) in [4.78, 5) is 40.5. The van der Waals surface area contributed by atoms with Gasteiger partial charge in [0.2, 0.25) is 5.91 Å². The van der Waals surface area contributed by atoms with Crippen molar-refractivity contribution in [1.82, 2.24) is 14.8 Å². The summed E-state index contributed by atoms with van der Waals surface area (Å²) in [7, 11) is 2.12. The van der Waals surface area contributed by atoms with Crippen LogP contribution in [-0.4, -0.2) is 89.9 Å². The monoisotopic (exact) mass is 591 g/mol. The number of aromatic nitrogens is 1. The average molecular weight is 592 g/mol. The molecule has 2 N–H and O–H groups in total. The molecule has 3 heterocycles. The summed E-state index contributed by atoms with van der Waals surface area (Å²) in [6.45, 7) is 4.88. The lowest BCUT2D eigenvalue weighted by molar-refractivity contribution is -0.120. The number of anilines is 1. The highest BCUT2D eigenvalue weighted by Crippen LogP contribution is 2.35. The van der Waals surface area contributed by atoms with Gasteiger partial charge in [-0.25, -0.2) is 9.79 Å². The Labute approximate surface area is 256 Å². The molecule has 1 saturated carbocycles. The van der Waals surface area contributed by atoms with Crippen molar-refractivity contribution in [2.45, 2.75) is 31.8 Å². The molecule has 1 aliphatic carbocycles. The van der Waals surface area contributed by atoms with E-state index in [0.29, 0.717) is 35.4 Å². The van der Waals surface area contributed by atoms with E-state index in [0.717, 1.165) is 79.8 Å². The number of aromatic hydroxyl groups is 1. The van der Waals surface area contributed by atoms with E-state index in [4.69, 9.17) is 9.73 Å². The fraction of sp³-hybridized carbons (Fsp3) is 0.343. The fourth-order valence-corrected chi connectivity index (χ4v) is 6.25. The Morgan fingerprint density at radius 3 is 2.50 bits per heavy atom. The van der Waals surface area contributed by atoms with Crippen molar-refractivity contribution >= 4 is 39.9 Å². The lowest BCUT2D eigenvalue weighted by Crippen LogP contribution is -2.48. The molecule has 7 rings (SSSR count). The van der Waals surface area contributed by atoms with Crippen molar-refractivity contribution in [2.24, 2.45) is 4.99 Å². The highest BCUT2D eigenvalue weighted by molar-refractivity contribution is 6.22. The summed E-state index contributed by atoms with van der Waals surface area (Å²) in [5.74, 6) is -0.235. The zero-order valence-corrected chi connectivity index (χ0v) is 25.0. The molecule has 3 aliphatic rings. The van der Waals surface area contributed by atoms with E-state index in [1.54, 1.807) is 12.1 Å². The number of ether oxygens (including phenoxy) is 1. The van der Waals surface area contributed by atoms with E-state index >= 15 is 0 Å². The number of H-pyrrole nitrogens is 1. The molecule has 0 atom stereocenters. The third-order valence-electron chi connectivity index (χ3n) is 9.08. The van der Waals surface area contributed by atoms with Gasteiger partial charge in [0, 0.05) is 54.9 Å². The number of nitrogens with zero attached hydrogens (tertiary/aromatic N) is 4. The number of aromatic amines is 1. The van der Waals surface area contributed by atoms with Crippen molar-refractivity contribution < 1.29 is 19.4 Å². The molecule has 9 nitrogen and oxygen atoms in total. The van der Waals surface area contributed by atoms with Gasteiger partial charge in [-0.15, -0.1) is 0 Å². The number of carbonyl (C=O) groups excluding carboxylic acids is 2. The maximum Gasteiger partial charge on any atom is 0.338 e. The summed E-state index contributed by atoms with van der Waals surface area (Å²) < 4.78 is 5.59.